The summed E-state index contributed by atoms with van der Waals surface area (Å²) in [6, 6.07) is 11.5. The standard InChI is InChI=1S/C25H27N5O5S/c1-16(2)34-20-13-18(23(32)29-24-27-9-12-36-24)14-21(15-20)35-19-5-3-17(4-6-19)22(31)26-7-10-30-11-8-28-25(30)33/h3-6,9,12-16H,7-8,10-11H2,1-2H3,(H,26,31)(H,28,33)(H,27,29,32). The summed E-state index contributed by atoms with van der Waals surface area (Å²) in [6.07, 6.45) is 1.52. The van der Waals surface area contributed by atoms with Gasteiger partial charge in [0.2, 0.25) is 0 Å². The monoisotopic (exact) mass is 509 g/mol. The van der Waals surface area contributed by atoms with Crippen molar-refractivity contribution in [1.29, 1.82) is 0 Å². The van der Waals surface area contributed by atoms with Crippen LogP contribution in [0.2, 0.25) is 0 Å². The van der Waals surface area contributed by atoms with E-state index in [-0.39, 0.29) is 23.9 Å². The molecule has 0 bridgehead atoms. The summed E-state index contributed by atoms with van der Waals surface area (Å²) in [7, 11) is 0. The van der Waals surface area contributed by atoms with Crippen molar-refractivity contribution in [3.05, 3.63) is 65.2 Å². The molecule has 10 nitrogen and oxygen atoms in total. The molecule has 0 unspecified atom stereocenters. The Kier molecular flexibility index (Phi) is 8.01. The number of aromatic nitrogens is 1. The highest BCUT2D eigenvalue weighted by atomic mass is 32.1. The molecule has 3 N–H and O–H groups in total. The van der Waals surface area contributed by atoms with Crippen molar-refractivity contribution in [3.8, 4) is 17.2 Å². The number of nitrogens with one attached hydrogen (secondary N) is 3. The molecule has 188 valence electrons. The minimum atomic E-state index is -0.331. The third-order valence-corrected chi connectivity index (χ3v) is 5.82. The van der Waals surface area contributed by atoms with Gasteiger partial charge in [0.05, 0.1) is 6.10 Å². The number of rotatable bonds is 10. The molecule has 4 rings (SSSR count). The summed E-state index contributed by atoms with van der Waals surface area (Å²) in [4.78, 5) is 42.5. The summed E-state index contributed by atoms with van der Waals surface area (Å²) in [5.74, 6) is 0.832. The number of hydrogen-bond acceptors (Lipinski definition) is 7. The number of urea groups is 1. The van der Waals surface area contributed by atoms with E-state index in [1.807, 2.05) is 13.8 Å². The Hall–Kier alpha value is -4.12. The quantitative estimate of drug-likeness (QED) is 0.383. The molecular weight excluding hydrogens is 482 g/mol. The van der Waals surface area contributed by atoms with Crippen LogP contribution in [0.3, 0.4) is 0 Å². The van der Waals surface area contributed by atoms with Crippen LogP contribution in [0.15, 0.2) is 54.0 Å². The van der Waals surface area contributed by atoms with E-state index in [1.54, 1.807) is 58.9 Å². The van der Waals surface area contributed by atoms with Gasteiger partial charge < -0.3 is 25.0 Å². The van der Waals surface area contributed by atoms with E-state index >= 15 is 0 Å². The summed E-state index contributed by atoms with van der Waals surface area (Å²) in [5.41, 5.74) is 0.828. The second-order valence-electron chi connectivity index (χ2n) is 8.25. The first kappa shape index (κ1) is 25.0. The van der Waals surface area contributed by atoms with Crippen LogP contribution < -0.4 is 25.4 Å². The topological polar surface area (TPSA) is 122 Å². The second kappa shape index (κ2) is 11.5. The minimum Gasteiger partial charge on any atom is -0.491 e. The summed E-state index contributed by atoms with van der Waals surface area (Å²) in [6.45, 7) is 5.86. The largest absolute Gasteiger partial charge is 0.491 e. The number of amides is 4. The zero-order valence-corrected chi connectivity index (χ0v) is 20.8. The summed E-state index contributed by atoms with van der Waals surface area (Å²) in [5, 5.41) is 10.6. The van der Waals surface area contributed by atoms with Gasteiger partial charge in [0.1, 0.15) is 17.2 Å². The Morgan fingerprint density at radius 3 is 2.53 bits per heavy atom. The third-order valence-electron chi connectivity index (χ3n) is 5.13. The van der Waals surface area contributed by atoms with Crippen LogP contribution in [0.4, 0.5) is 9.93 Å². The predicted octanol–water partition coefficient (Wildman–Crippen LogP) is 3.73. The molecule has 4 amide bonds. The van der Waals surface area contributed by atoms with Crippen LogP contribution in [0, 0.1) is 0 Å². The number of nitrogens with zero attached hydrogens (tertiary/aromatic N) is 2. The van der Waals surface area contributed by atoms with E-state index < -0.39 is 0 Å². The molecule has 11 heteroatoms. The molecule has 0 radical (unpaired) electrons. The van der Waals surface area contributed by atoms with Gasteiger partial charge in [-0.3, -0.25) is 14.9 Å². The van der Waals surface area contributed by atoms with Crippen molar-refractivity contribution in [3.63, 3.8) is 0 Å². The second-order valence-corrected chi connectivity index (χ2v) is 9.15. The Bertz CT molecular complexity index is 1210. The lowest BCUT2D eigenvalue weighted by atomic mass is 10.1. The molecule has 36 heavy (non-hydrogen) atoms. The van der Waals surface area contributed by atoms with Gasteiger partial charge in [0.25, 0.3) is 11.8 Å². The molecule has 0 atom stereocenters. The van der Waals surface area contributed by atoms with E-state index in [1.165, 1.54) is 11.3 Å². The molecule has 0 spiro atoms. The van der Waals surface area contributed by atoms with Gasteiger partial charge >= 0.3 is 6.03 Å². The SMILES string of the molecule is CC(C)Oc1cc(Oc2ccc(C(=O)NCCN3CCNC3=O)cc2)cc(C(=O)Nc2nccs2)c1. The van der Waals surface area contributed by atoms with Gasteiger partial charge in [0, 0.05) is 54.9 Å². The smallest absolute Gasteiger partial charge is 0.317 e. The Morgan fingerprint density at radius 1 is 1.08 bits per heavy atom. The molecular formula is C25H27N5O5S. The lowest BCUT2D eigenvalue weighted by Crippen LogP contribution is -2.36. The number of ether oxygens (including phenoxy) is 2. The fraction of sp³-hybridized carbons (Fsp3) is 0.280. The van der Waals surface area contributed by atoms with Crippen LogP contribution in [-0.4, -0.2) is 60.0 Å². The molecule has 0 aliphatic carbocycles. The fourth-order valence-electron chi connectivity index (χ4n) is 3.50. The number of carbonyl (C=O) groups excluding carboxylic acids is 3. The average molecular weight is 510 g/mol. The third kappa shape index (κ3) is 6.72. The highest BCUT2D eigenvalue weighted by molar-refractivity contribution is 7.13. The first-order valence-corrected chi connectivity index (χ1v) is 12.4. The molecule has 2 heterocycles. The molecule has 3 aromatic rings. The zero-order chi connectivity index (χ0) is 25.5. The normalized spacial score (nSPS) is 12.9. The van der Waals surface area contributed by atoms with Crippen LogP contribution >= 0.6 is 11.3 Å². The number of benzene rings is 2. The fourth-order valence-corrected chi connectivity index (χ4v) is 4.02. The average Bonchev–Trinajstić information content (AvgIpc) is 3.50. The van der Waals surface area contributed by atoms with Crippen molar-refractivity contribution in [2.75, 3.05) is 31.5 Å². The zero-order valence-electron chi connectivity index (χ0n) is 19.9. The maximum absolute atomic E-state index is 12.7. The van der Waals surface area contributed by atoms with Crippen molar-refractivity contribution >= 4 is 34.3 Å². The molecule has 1 aliphatic rings. The van der Waals surface area contributed by atoms with Crippen LogP contribution in [0.5, 0.6) is 17.2 Å². The Labute approximate surface area is 212 Å². The first-order chi connectivity index (χ1) is 17.4. The van der Waals surface area contributed by atoms with E-state index in [0.717, 1.165) is 0 Å². The number of hydrogen-bond donors (Lipinski definition) is 3. The first-order valence-electron chi connectivity index (χ1n) is 11.5. The van der Waals surface area contributed by atoms with Gasteiger partial charge in [-0.25, -0.2) is 9.78 Å². The van der Waals surface area contributed by atoms with Crippen molar-refractivity contribution in [2.45, 2.75) is 20.0 Å². The van der Waals surface area contributed by atoms with Gasteiger partial charge in [-0.15, -0.1) is 11.3 Å². The van der Waals surface area contributed by atoms with Gasteiger partial charge in [-0.1, -0.05) is 0 Å². The number of thiazole rings is 1. The van der Waals surface area contributed by atoms with Gasteiger partial charge in [-0.2, -0.15) is 0 Å². The Morgan fingerprint density at radius 2 is 1.86 bits per heavy atom. The maximum Gasteiger partial charge on any atom is 0.317 e. The van der Waals surface area contributed by atoms with E-state index in [2.05, 4.69) is 20.9 Å². The summed E-state index contributed by atoms with van der Waals surface area (Å²) < 4.78 is 11.8. The molecule has 1 saturated heterocycles. The van der Waals surface area contributed by atoms with Crippen molar-refractivity contribution in [2.24, 2.45) is 0 Å². The van der Waals surface area contributed by atoms with E-state index in [4.69, 9.17) is 9.47 Å². The lowest BCUT2D eigenvalue weighted by Gasteiger charge is -2.15. The van der Waals surface area contributed by atoms with Crippen LogP contribution in [0.25, 0.3) is 0 Å². The van der Waals surface area contributed by atoms with Gasteiger partial charge in [0.15, 0.2) is 5.13 Å². The van der Waals surface area contributed by atoms with Crippen LogP contribution in [0.1, 0.15) is 34.6 Å². The predicted molar refractivity (Wildman–Crippen MR) is 136 cm³/mol. The summed E-state index contributed by atoms with van der Waals surface area (Å²) >= 11 is 1.32. The highest BCUT2D eigenvalue weighted by Crippen LogP contribution is 2.29. The van der Waals surface area contributed by atoms with Crippen LogP contribution in [-0.2, 0) is 0 Å². The molecule has 2 aromatic carbocycles. The van der Waals surface area contributed by atoms with E-state index in [0.29, 0.717) is 59.7 Å². The minimum absolute atomic E-state index is 0.0900. The molecule has 1 fully saturated rings. The Balaban J connectivity index is 1.40. The van der Waals surface area contributed by atoms with Gasteiger partial charge in [-0.05, 0) is 50.2 Å². The number of carbonyl (C=O) groups is 3. The van der Waals surface area contributed by atoms with E-state index in [9.17, 15) is 14.4 Å². The molecule has 1 aliphatic heterocycles. The number of anilines is 1. The maximum atomic E-state index is 12.7. The van der Waals surface area contributed by atoms with Crippen molar-refractivity contribution in [1.82, 2.24) is 20.5 Å². The lowest BCUT2D eigenvalue weighted by molar-refractivity contribution is 0.0949. The highest BCUT2D eigenvalue weighted by Gasteiger charge is 2.19. The van der Waals surface area contributed by atoms with Crippen molar-refractivity contribution < 1.29 is 23.9 Å². The molecule has 0 saturated carbocycles. The molecule has 1 aromatic heterocycles.